The number of pyridine rings is 2. The van der Waals surface area contributed by atoms with E-state index in [4.69, 9.17) is 4.74 Å². The van der Waals surface area contributed by atoms with Gasteiger partial charge in [-0.3, -0.25) is 4.98 Å². The van der Waals surface area contributed by atoms with Gasteiger partial charge in [0.1, 0.15) is 18.3 Å². The Balaban J connectivity index is 2.64. The molecule has 2 aromatic heterocycles. The smallest absolute Gasteiger partial charge is 0.432 e. The Morgan fingerprint density at radius 1 is 1.06 bits per heavy atom. The SMILES string of the molecule is CCCc1nc(C(OCOC)(C(F)(F)F)C(F)(F)F)ccc1Oc1cc(C(=O)OC)ncc1I. The molecule has 2 heterocycles. The van der Waals surface area contributed by atoms with E-state index in [9.17, 15) is 31.1 Å². The third-order valence-electron chi connectivity index (χ3n) is 4.41. The number of nitrogens with zero attached hydrogens (tertiary/aromatic N) is 2. The number of hydrogen-bond acceptors (Lipinski definition) is 7. The van der Waals surface area contributed by atoms with E-state index in [1.165, 1.54) is 12.3 Å². The first-order valence-corrected chi connectivity index (χ1v) is 10.6. The van der Waals surface area contributed by atoms with Crippen molar-refractivity contribution in [2.24, 2.45) is 0 Å². The lowest BCUT2D eigenvalue weighted by atomic mass is 9.96. The fraction of sp³-hybridized carbons (Fsp3) is 0.450. The molecule has 14 heteroatoms. The van der Waals surface area contributed by atoms with Gasteiger partial charge in [0.05, 0.1) is 22.1 Å². The Bertz CT molecular complexity index is 1000. The highest BCUT2D eigenvalue weighted by Crippen LogP contribution is 2.52. The van der Waals surface area contributed by atoms with Crippen LogP contribution in [0.1, 0.15) is 35.2 Å². The van der Waals surface area contributed by atoms with Crippen LogP contribution >= 0.6 is 22.6 Å². The number of halogens is 7. The first kappa shape index (κ1) is 28.0. The lowest BCUT2D eigenvalue weighted by Crippen LogP contribution is -2.56. The van der Waals surface area contributed by atoms with Crippen LogP contribution in [0.4, 0.5) is 26.3 Å². The van der Waals surface area contributed by atoms with Crippen LogP contribution in [0.5, 0.6) is 11.5 Å². The average Bonchev–Trinajstić information content (AvgIpc) is 2.75. The number of ether oxygens (including phenoxy) is 4. The van der Waals surface area contributed by atoms with E-state index in [0.29, 0.717) is 16.1 Å². The second kappa shape index (κ2) is 11.0. The molecule has 0 bridgehead atoms. The van der Waals surface area contributed by atoms with E-state index in [1.807, 2.05) is 22.6 Å². The van der Waals surface area contributed by atoms with Gasteiger partial charge in [0.15, 0.2) is 5.69 Å². The molecule has 0 aromatic carbocycles. The first-order valence-electron chi connectivity index (χ1n) is 9.50. The highest BCUT2D eigenvalue weighted by molar-refractivity contribution is 14.1. The van der Waals surface area contributed by atoms with Crippen molar-refractivity contribution in [1.82, 2.24) is 9.97 Å². The Kier molecular flexibility index (Phi) is 9.10. The fourth-order valence-electron chi connectivity index (χ4n) is 2.86. The maximum absolute atomic E-state index is 13.8. The van der Waals surface area contributed by atoms with Crippen molar-refractivity contribution in [1.29, 1.82) is 0 Å². The minimum Gasteiger partial charge on any atom is -0.464 e. The van der Waals surface area contributed by atoms with Gasteiger partial charge in [-0.15, -0.1) is 0 Å². The number of rotatable bonds is 9. The van der Waals surface area contributed by atoms with E-state index < -0.39 is 36.4 Å². The summed E-state index contributed by atoms with van der Waals surface area (Å²) in [4.78, 5) is 19.3. The lowest BCUT2D eigenvalue weighted by molar-refractivity contribution is -0.401. The molecule has 0 aliphatic heterocycles. The van der Waals surface area contributed by atoms with E-state index in [2.05, 4.69) is 24.2 Å². The number of methoxy groups -OCH3 is 2. The number of esters is 1. The summed E-state index contributed by atoms with van der Waals surface area (Å²) in [5.41, 5.74) is -6.42. The molecule has 2 rings (SSSR count). The molecule has 7 nitrogen and oxygen atoms in total. The zero-order valence-corrected chi connectivity index (χ0v) is 20.2. The predicted molar refractivity (Wildman–Crippen MR) is 113 cm³/mol. The summed E-state index contributed by atoms with van der Waals surface area (Å²) in [6.45, 7) is 0.374. The molecule has 0 saturated heterocycles. The number of aryl methyl sites for hydroxylation is 1. The Morgan fingerprint density at radius 2 is 1.71 bits per heavy atom. The molecule has 0 radical (unpaired) electrons. The van der Waals surface area contributed by atoms with Crippen LogP contribution in [-0.2, 0) is 26.2 Å². The maximum Gasteiger partial charge on any atom is 0.432 e. The Labute approximate surface area is 203 Å². The summed E-state index contributed by atoms with van der Waals surface area (Å²) in [6, 6.07) is 2.69. The van der Waals surface area contributed by atoms with Crippen LogP contribution in [0.3, 0.4) is 0 Å². The molecule has 0 spiro atoms. The Morgan fingerprint density at radius 3 is 2.24 bits per heavy atom. The molecule has 34 heavy (non-hydrogen) atoms. The highest BCUT2D eigenvalue weighted by Gasteiger charge is 2.74. The number of carbonyl (C=O) groups is 1. The largest absolute Gasteiger partial charge is 0.464 e. The third kappa shape index (κ3) is 5.71. The summed E-state index contributed by atoms with van der Waals surface area (Å²) in [6.07, 6.45) is -10.2. The molecule has 0 aliphatic carbocycles. The molecule has 0 atom stereocenters. The minimum atomic E-state index is -5.90. The van der Waals surface area contributed by atoms with Gasteiger partial charge in [0.25, 0.3) is 0 Å². The van der Waals surface area contributed by atoms with Crippen molar-refractivity contribution in [3.8, 4) is 11.5 Å². The van der Waals surface area contributed by atoms with Crippen LogP contribution in [0.15, 0.2) is 24.4 Å². The number of aromatic nitrogens is 2. The van der Waals surface area contributed by atoms with Gasteiger partial charge in [0.2, 0.25) is 0 Å². The van der Waals surface area contributed by atoms with Crippen LogP contribution in [0, 0.1) is 3.57 Å². The standard InChI is InChI=1S/C20H19F6IN2O5/c1-4-5-12-14(34-15-8-13(17(30)32-3)28-9-11(15)27)6-7-16(29-12)18(19(21,22)23,20(24,25)26)33-10-31-2/h6-9H,4-5,10H2,1-3H3. The van der Waals surface area contributed by atoms with Gasteiger partial charge < -0.3 is 18.9 Å². The second-order valence-electron chi connectivity index (χ2n) is 6.71. The average molecular weight is 608 g/mol. The number of alkyl halides is 6. The zero-order valence-electron chi connectivity index (χ0n) is 18.0. The summed E-state index contributed by atoms with van der Waals surface area (Å²) in [7, 11) is 2.03. The molecule has 188 valence electrons. The Hall–Kier alpha value is -2.20. The van der Waals surface area contributed by atoms with E-state index in [1.54, 1.807) is 6.92 Å². The summed E-state index contributed by atoms with van der Waals surface area (Å²) in [5, 5.41) is 0. The van der Waals surface area contributed by atoms with Crippen LogP contribution < -0.4 is 4.74 Å². The van der Waals surface area contributed by atoms with Crippen molar-refractivity contribution in [3.05, 3.63) is 45.0 Å². The third-order valence-corrected chi connectivity index (χ3v) is 5.22. The molecular formula is C20H19F6IN2O5. The molecule has 2 aromatic rings. The minimum absolute atomic E-state index is 0.00916. The van der Waals surface area contributed by atoms with Crippen molar-refractivity contribution in [3.63, 3.8) is 0 Å². The highest BCUT2D eigenvalue weighted by atomic mass is 127. The quantitative estimate of drug-likeness (QED) is 0.160. The normalized spacial score (nSPS) is 12.5. The first-order chi connectivity index (χ1) is 15.8. The molecule has 0 N–H and O–H groups in total. The van der Waals surface area contributed by atoms with Crippen LogP contribution in [0.25, 0.3) is 0 Å². The molecule has 0 aliphatic rings. The van der Waals surface area contributed by atoms with Gasteiger partial charge >= 0.3 is 23.9 Å². The van der Waals surface area contributed by atoms with Crippen LogP contribution in [-0.4, -0.2) is 49.3 Å². The molecule has 0 fully saturated rings. The number of carbonyl (C=O) groups excluding carboxylic acids is 1. The fourth-order valence-corrected chi connectivity index (χ4v) is 3.27. The molecule has 0 amide bonds. The van der Waals surface area contributed by atoms with Crippen molar-refractivity contribution < 1.29 is 50.1 Å². The lowest BCUT2D eigenvalue weighted by Gasteiger charge is -2.36. The van der Waals surface area contributed by atoms with E-state index >= 15 is 0 Å². The topological polar surface area (TPSA) is 79.8 Å². The van der Waals surface area contributed by atoms with Crippen LogP contribution in [0.2, 0.25) is 0 Å². The monoisotopic (exact) mass is 608 g/mol. The summed E-state index contributed by atoms with van der Waals surface area (Å²) < 4.78 is 102. The second-order valence-corrected chi connectivity index (χ2v) is 7.87. The zero-order chi connectivity index (χ0) is 25.7. The van der Waals surface area contributed by atoms with E-state index in [0.717, 1.165) is 20.3 Å². The molecule has 0 unspecified atom stereocenters. The summed E-state index contributed by atoms with van der Waals surface area (Å²) >= 11 is 1.84. The van der Waals surface area contributed by atoms with Gasteiger partial charge in [-0.25, -0.2) is 9.78 Å². The molecule has 0 saturated carbocycles. The van der Waals surface area contributed by atoms with Crippen molar-refractivity contribution in [2.75, 3.05) is 21.0 Å². The number of hydrogen-bond donors (Lipinski definition) is 0. The van der Waals surface area contributed by atoms with Gasteiger partial charge in [-0.05, 0) is 41.1 Å². The van der Waals surface area contributed by atoms with E-state index in [-0.39, 0.29) is 29.3 Å². The summed E-state index contributed by atoms with van der Waals surface area (Å²) in [5.74, 6) is -0.786. The maximum atomic E-state index is 13.8. The predicted octanol–water partition coefficient (Wildman–Crippen LogP) is 5.55. The van der Waals surface area contributed by atoms with Crippen molar-refractivity contribution >= 4 is 28.6 Å². The van der Waals surface area contributed by atoms with Gasteiger partial charge in [-0.2, -0.15) is 26.3 Å². The van der Waals surface area contributed by atoms with Gasteiger partial charge in [0, 0.05) is 19.4 Å². The van der Waals surface area contributed by atoms with Crippen molar-refractivity contribution in [2.45, 2.75) is 37.7 Å². The van der Waals surface area contributed by atoms with Gasteiger partial charge in [-0.1, -0.05) is 13.3 Å². The molecular weight excluding hydrogens is 589 g/mol.